The normalized spacial score (nSPS) is 12.9. The third kappa shape index (κ3) is 6.05. The van der Waals surface area contributed by atoms with Crippen LogP contribution in [0.4, 0.5) is 9.18 Å². The number of amides is 1. The predicted molar refractivity (Wildman–Crippen MR) is 76.8 cm³/mol. The molecule has 19 heavy (non-hydrogen) atoms. The topological polar surface area (TPSA) is 38.3 Å². The van der Waals surface area contributed by atoms with Gasteiger partial charge >= 0.3 is 6.09 Å². The van der Waals surface area contributed by atoms with E-state index in [2.05, 4.69) is 21.2 Å². The summed E-state index contributed by atoms with van der Waals surface area (Å²) in [5.74, 6) is 0. The van der Waals surface area contributed by atoms with E-state index < -0.39 is 24.4 Å². The van der Waals surface area contributed by atoms with Crippen LogP contribution in [0, 0.1) is 0 Å². The van der Waals surface area contributed by atoms with Gasteiger partial charge < -0.3 is 10.1 Å². The zero-order valence-corrected chi connectivity index (χ0v) is 13.0. The van der Waals surface area contributed by atoms with Gasteiger partial charge in [-0.1, -0.05) is 28.1 Å². The van der Waals surface area contributed by atoms with Gasteiger partial charge in [0, 0.05) is 10.9 Å². The largest absolute Gasteiger partial charge is 0.444 e. The van der Waals surface area contributed by atoms with Crippen molar-refractivity contribution in [2.45, 2.75) is 38.8 Å². The lowest BCUT2D eigenvalue weighted by atomic mass is 10.0. The zero-order valence-electron chi connectivity index (χ0n) is 11.4. The first kappa shape index (κ1) is 16.0. The van der Waals surface area contributed by atoms with E-state index in [1.807, 2.05) is 24.3 Å². The molecule has 5 heteroatoms. The molecule has 1 N–H and O–H groups in total. The van der Waals surface area contributed by atoms with Crippen LogP contribution in [-0.4, -0.2) is 18.4 Å². The third-order valence-electron chi connectivity index (χ3n) is 2.34. The highest BCUT2D eigenvalue weighted by atomic mass is 79.9. The van der Waals surface area contributed by atoms with E-state index in [1.54, 1.807) is 20.8 Å². The molecule has 1 atom stereocenters. The van der Waals surface area contributed by atoms with E-state index in [0.29, 0.717) is 0 Å². The molecule has 0 aromatic heterocycles. The molecule has 0 saturated carbocycles. The van der Waals surface area contributed by atoms with Gasteiger partial charge in [0.05, 0.1) is 12.7 Å². The molecule has 0 bridgehead atoms. The van der Waals surface area contributed by atoms with Gasteiger partial charge in [-0.15, -0.1) is 0 Å². The SMILES string of the molecule is CC(C)(C)OC(=O)N[C@H](CCF)c1cccc(Br)c1. The number of benzene rings is 1. The number of rotatable bonds is 4. The van der Waals surface area contributed by atoms with Crippen LogP contribution >= 0.6 is 15.9 Å². The van der Waals surface area contributed by atoms with Gasteiger partial charge in [-0.3, -0.25) is 4.39 Å². The van der Waals surface area contributed by atoms with Crippen LogP contribution in [0.15, 0.2) is 28.7 Å². The summed E-state index contributed by atoms with van der Waals surface area (Å²) in [5.41, 5.74) is 0.277. The van der Waals surface area contributed by atoms with Crippen LogP contribution in [0.5, 0.6) is 0 Å². The number of nitrogens with one attached hydrogen (secondary N) is 1. The highest BCUT2D eigenvalue weighted by molar-refractivity contribution is 9.10. The number of hydrogen-bond acceptors (Lipinski definition) is 2. The Bertz CT molecular complexity index is 432. The summed E-state index contributed by atoms with van der Waals surface area (Å²) in [4.78, 5) is 11.7. The Morgan fingerprint density at radius 3 is 2.68 bits per heavy atom. The Kier molecular flexibility index (Phi) is 5.79. The fourth-order valence-corrected chi connectivity index (χ4v) is 2.02. The van der Waals surface area contributed by atoms with Crippen LogP contribution in [0.1, 0.15) is 38.8 Å². The molecule has 1 aromatic rings. The van der Waals surface area contributed by atoms with Crippen LogP contribution in [0.2, 0.25) is 0 Å². The zero-order chi connectivity index (χ0) is 14.5. The lowest BCUT2D eigenvalue weighted by molar-refractivity contribution is 0.0499. The van der Waals surface area contributed by atoms with Crippen molar-refractivity contribution in [3.63, 3.8) is 0 Å². The van der Waals surface area contributed by atoms with Gasteiger partial charge in [-0.25, -0.2) is 4.79 Å². The maximum absolute atomic E-state index is 12.6. The maximum atomic E-state index is 12.6. The molecule has 0 unspecified atom stereocenters. The molecule has 0 fully saturated rings. The molecule has 0 aliphatic carbocycles. The summed E-state index contributed by atoms with van der Waals surface area (Å²) < 4.78 is 18.7. The standard InChI is InChI=1S/C14H19BrFNO2/c1-14(2,3)19-13(18)17-12(7-8-16)10-5-4-6-11(15)9-10/h4-6,9,12H,7-8H2,1-3H3,(H,17,18)/t12-/m1/s1. The van der Waals surface area contributed by atoms with Crippen LogP contribution in [0.3, 0.4) is 0 Å². The van der Waals surface area contributed by atoms with E-state index >= 15 is 0 Å². The smallest absolute Gasteiger partial charge is 0.408 e. The Morgan fingerprint density at radius 2 is 2.16 bits per heavy atom. The van der Waals surface area contributed by atoms with Gasteiger partial charge in [0.15, 0.2) is 0 Å². The van der Waals surface area contributed by atoms with Crippen molar-refractivity contribution >= 4 is 22.0 Å². The summed E-state index contributed by atoms with van der Waals surface area (Å²) in [7, 11) is 0. The molecule has 3 nitrogen and oxygen atoms in total. The van der Waals surface area contributed by atoms with Gasteiger partial charge in [0.25, 0.3) is 0 Å². The van der Waals surface area contributed by atoms with Gasteiger partial charge in [0.2, 0.25) is 0 Å². The number of alkyl carbamates (subject to hydrolysis) is 1. The first-order chi connectivity index (χ1) is 8.81. The van der Waals surface area contributed by atoms with Gasteiger partial charge in [0.1, 0.15) is 5.60 Å². The third-order valence-corrected chi connectivity index (χ3v) is 2.83. The van der Waals surface area contributed by atoms with Crippen molar-refractivity contribution in [1.29, 1.82) is 0 Å². The average molecular weight is 332 g/mol. The van der Waals surface area contributed by atoms with Crippen molar-refractivity contribution in [2.24, 2.45) is 0 Å². The minimum absolute atomic E-state index is 0.218. The molecule has 0 radical (unpaired) electrons. The molecule has 1 aromatic carbocycles. The van der Waals surface area contributed by atoms with Crippen molar-refractivity contribution in [1.82, 2.24) is 5.32 Å². The van der Waals surface area contributed by atoms with E-state index in [0.717, 1.165) is 10.0 Å². The molecule has 0 saturated heterocycles. The van der Waals surface area contributed by atoms with Gasteiger partial charge in [-0.05, 0) is 38.5 Å². The van der Waals surface area contributed by atoms with E-state index in [-0.39, 0.29) is 6.42 Å². The highest BCUT2D eigenvalue weighted by Crippen LogP contribution is 2.21. The van der Waals surface area contributed by atoms with Crippen LogP contribution < -0.4 is 5.32 Å². The average Bonchev–Trinajstić information content (AvgIpc) is 2.26. The highest BCUT2D eigenvalue weighted by Gasteiger charge is 2.20. The number of carbonyl (C=O) groups is 1. The predicted octanol–water partition coefficient (Wildman–Crippen LogP) is 4.37. The maximum Gasteiger partial charge on any atom is 0.408 e. The molecule has 0 aliphatic rings. The number of carbonyl (C=O) groups excluding carboxylic acids is 1. The van der Waals surface area contributed by atoms with E-state index in [1.165, 1.54) is 0 Å². The molecule has 1 amide bonds. The van der Waals surface area contributed by atoms with Crippen molar-refractivity contribution in [2.75, 3.05) is 6.67 Å². The molecule has 106 valence electrons. The minimum Gasteiger partial charge on any atom is -0.444 e. The van der Waals surface area contributed by atoms with Crippen molar-refractivity contribution in [3.05, 3.63) is 34.3 Å². The minimum atomic E-state index is -0.568. The second-order valence-corrected chi connectivity index (χ2v) is 6.15. The summed E-state index contributed by atoms with van der Waals surface area (Å²) in [6.07, 6.45) is -0.318. The number of hydrogen-bond donors (Lipinski definition) is 1. The first-order valence-electron chi connectivity index (χ1n) is 6.13. The van der Waals surface area contributed by atoms with Crippen molar-refractivity contribution < 1.29 is 13.9 Å². The monoisotopic (exact) mass is 331 g/mol. The van der Waals surface area contributed by atoms with Crippen LogP contribution in [-0.2, 0) is 4.74 Å². The quantitative estimate of drug-likeness (QED) is 0.889. The number of ether oxygens (including phenoxy) is 1. The Balaban J connectivity index is 2.76. The lowest BCUT2D eigenvalue weighted by Gasteiger charge is -2.23. The first-order valence-corrected chi connectivity index (χ1v) is 6.92. The summed E-state index contributed by atoms with van der Waals surface area (Å²) in [6.45, 7) is 4.86. The van der Waals surface area contributed by atoms with Crippen molar-refractivity contribution in [3.8, 4) is 0 Å². The number of halogens is 2. The molecule has 1 rings (SSSR count). The fraction of sp³-hybridized carbons (Fsp3) is 0.500. The summed E-state index contributed by atoms with van der Waals surface area (Å²) in [5, 5.41) is 2.70. The summed E-state index contributed by atoms with van der Waals surface area (Å²) >= 11 is 3.36. The fourth-order valence-electron chi connectivity index (χ4n) is 1.60. The van der Waals surface area contributed by atoms with E-state index in [4.69, 9.17) is 4.74 Å². The van der Waals surface area contributed by atoms with E-state index in [9.17, 15) is 9.18 Å². The second kappa shape index (κ2) is 6.89. The molecule has 0 heterocycles. The summed E-state index contributed by atoms with van der Waals surface area (Å²) in [6, 6.07) is 7.04. The molecule has 0 spiro atoms. The lowest BCUT2D eigenvalue weighted by Crippen LogP contribution is -2.35. The molecular weight excluding hydrogens is 313 g/mol. The second-order valence-electron chi connectivity index (χ2n) is 5.23. The van der Waals surface area contributed by atoms with Crippen LogP contribution in [0.25, 0.3) is 0 Å². The Morgan fingerprint density at radius 1 is 1.47 bits per heavy atom. The number of alkyl halides is 1. The molecular formula is C14H19BrFNO2. The Labute approximate surface area is 121 Å². The Hall–Kier alpha value is -1.10. The van der Waals surface area contributed by atoms with Gasteiger partial charge in [-0.2, -0.15) is 0 Å². The molecule has 0 aliphatic heterocycles.